The fraction of sp³-hybridized carbons (Fsp3) is 0.364. The molecule has 1 atom stereocenters. The van der Waals surface area contributed by atoms with Crippen molar-refractivity contribution in [3.05, 3.63) is 64.1 Å². The van der Waals surface area contributed by atoms with Crippen molar-refractivity contribution >= 4 is 35.0 Å². The third-order valence-corrected chi connectivity index (χ3v) is 4.68. The number of rotatable bonds is 7. The van der Waals surface area contributed by atoms with E-state index >= 15 is 0 Å². The molecule has 2 aromatic carbocycles. The Balaban J connectivity index is 2.18. The van der Waals surface area contributed by atoms with Crippen molar-refractivity contribution in [1.82, 2.24) is 10.2 Å². The third-order valence-electron chi connectivity index (χ3n) is 4.12. The maximum atomic E-state index is 13.0. The second-order valence-electron chi connectivity index (χ2n) is 7.78. The summed E-state index contributed by atoms with van der Waals surface area (Å²) in [7, 11) is 0. The SMILES string of the molecule is C[C@@H](C(=O)NC(C)(C)C)N(Cc1ccc(Cl)cc1)C(=O)COc1ccccc1Cl. The lowest BCUT2D eigenvalue weighted by Crippen LogP contribution is -2.53. The Kier molecular flexibility index (Phi) is 7.94. The number of hydrogen-bond donors (Lipinski definition) is 1. The van der Waals surface area contributed by atoms with Gasteiger partial charge in [0.1, 0.15) is 11.8 Å². The van der Waals surface area contributed by atoms with Crippen molar-refractivity contribution in [3.63, 3.8) is 0 Å². The molecule has 5 nitrogen and oxygen atoms in total. The Labute approximate surface area is 181 Å². The Bertz CT molecular complexity index is 848. The van der Waals surface area contributed by atoms with E-state index in [2.05, 4.69) is 5.32 Å². The molecule has 0 aromatic heterocycles. The highest BCUT2D eigenvalue weighted by atomic mass is 35.5. The first-order chi connectivity index (χ1) is 13.6. The van der Waals surface area contributed by atoms with Crippen LogP contribution in [0.2, 0.25) is 10.0 Å². The summed E-state index contributed by atoms with van der Waals surface area (Å²) in [5, 5.41) is 3.94. The van der Waals surface area contributed by atoms with Gasteiger partial charge in [-0.2, -0.15) is 0 Å². The van der Waals surface area contributed by atoms with Gasteiger partial charge in [0.05, 0.1) is 5.02 Å². The summed E-state index contributed by atoms with van der Waals surface area (Å²) < 4.78 is 5.59. The second kappa shape index (κ2) is 9.99. The second-order valence-corrected chi connectivity index (χ2v) is 8.63. The summed E-state index contributed by atoms with van der Waals surface area (Å²) in [6.07, 6.45) is 0. The molecular weight excluding hydrogens is 411 g/mol. The first-order valence-corrected chi connectivity index (χ1v) is 10.1. The predicted octanol–water partition coefficient (Wildman–Crippen LogP) is 4.70. The van der Waals surface area contributed by atoms with Gasteiger partial charge >= 0.3 is 0 Å². The van der Waals surface area contributed by atoms with Crippen LogP contribution in [0.4, 0.5) is 0 Å². The first kappa shape index (κ1) is 23.0. The summed E-state index contributed by atoms with van der Waals surface area (Å²) in [5.74, 6) is -0.144. The number of ether oxygens (including phenoxy) is 1. The third kappa shape index (κ3) is 7.26. The summed E-state index contributed by atoms with van der Waals surface area (Å²) in [6, 6.07) is 13.4. The quantitative estimate of drug-likeness (QED) is 0.683. The van der Waals surface area contributed by atoms with E-state index in [-0.39, 0.29) is 25.0 Å². The molecular formula is C22H26Cl2N2O3. The molecule has 0 aliphatic carbocycles. The van der Waals surface area contributed by atoms with Crippen molar-refractivity contribution in [3.8, 4) is 5.75 Å². The normalized spacial score (nSPS) is 12.2. The molecule has 2 aromatic rings. The van der Waals surface area contributed by atoms with E-state index < -0.39 is 11.6 Å². The fourth-order valence-corrected chi connectivity index (χ4v) is 2.94. The van der Waals surface area contributed by atoms with Gasteiger partial charge in [0.2, 0.25) is 5.91 Å². The molecule has 0 fully saturated rings. The van der Waals surface area contributed by atoms with Gasteiger partial charge in [0.15, 0.2) is 6.61 Å². The molecule has 0 unspecified atom stereocenters. The van der Waals surface area contributed by atoms with Crippen LogP contribution in [0.5, 0.6) is 5.75 Å². The number of nitrogens with one attached hydrogen (secondary N) is 1. The molecule has 29 heavy (non-hydrogen) atoms. The monoisotopic (exact) mass is 436 g/mol. The van der Waals surface area contributed by atoms with E-state index in [1.807, 2.05) is 32.9 Å². The summed E-state index contributed by atoms with van der Waals surface area (Å²) in [6.45, 7) is 7.39. The summed E-state index contributed by atoms with van der Waals surface area (Å²) in [4.78, 5) is 27.1. The largest absolute Gasteiger partial charge is 0.482 e. The minimum atomic E-state index is -0.688. The number of para-hydroxylation sites is 1. The maximum absolute atomic E-state index is 13.0. The molecule has 0 heterocycles. The van der Waals surface area contributed by atoms with Crippen LogP contribution in [0, 0.1) is 0 Å². The van der Waals surface area contributed by atoms with Gasteiger partial charge in [-0.05, 0) is 57.5 Å². The lowest BCUT2D eigenvalue weighted by molar-refractivity contribution is -0.142. The van der Waals surface area contributed by atoms with E-state index in [4.69, 9.17) is 27.9 Å². The molecule has 2 rings (SSSR count). The Hall–Kier alpha value is -2.24. The molecule has 0 spiro atoms. The van der Waals surface area contributed by atoms with Crippen LogP contribution in [0.3, 0.4) is 0 Å². The number of amides is 2. The maximum Gasteiger partial charge on any atom is 0.261 e. The van der Waals surface area contributed by atoms with Gasteiger partial charge in [-0.15, -0.1) is 0 Å². The predicted molar refractivity (Wildman–Crippen MR) is 116 cm³/mol. The van der Waals surface area contributed by atoms with Crippen LogP contribution >= 0.6 is 23.2 Å². The van der Waals surface area contributed by atoms with Gasteiger partial charge in [-0.25, -0.2) is 0 Å². The molecule has 0 saturated carbocycles. The van der Waals surface area contributed by atoms with Gasteiger partial charge < -0.3 is 15.0 Å². The number of halogens is 2. The Morgan fingerprint density at radius 3 is 2.28 bits per heavy atom. The van der Waals surface area contributed by atoms with E-state index in [1.165, 1.54) is 4.90 Å². The molecule has 7 heteroatoms. The minimum Gasteiger partial charge on any atom is -0.482 e. The minimum absolute atomic E-state index is 0.232. The fourth-order valence-electron chi connectivity index (χ4n) is 2.63. The lowest BCUT2D eigenvalue weighted by atomic mass is 10.1. The zero-order valence-corrected chi connectivity index (χ0v) is 18.6. The Morgan fingerprint density at radius 2 is 1.69 bits per heavy atom. The first-order valence-electron chi connectivity index (χ1n) is 9.30. The standard InChI is InChI=1S/C22H26Cl2N2O3/c1-15(21(28)25-22(2,3)4)26(13-16-9-11-17(23)12-10-16)20(27)14-29-19-8-6-5-7-18(19)24/h5-12,15H,13-14H2,1-4H3,(H,25,28)/t15-/m0/s1. The van der Waals surface area contributed by atoms with Gasteiger partial charge in [-0.3, -0.25) is 9.59 Å². The average molecular weight is 437 g/mol. The summed E-state index contributed by atoms with van der Waals surface area (Å²) >= 11 is 12.0. The van der Waals surface area contributed by atoms with Crippen molar-refractivity contribution < 1.29 is 14.3 Å². The summed E-state index contributed by atoms with van der Waals surface area (Å²) in [5.41, 5.74) is 0.449. The highest BCUT2D eigenvalue weighted by molar-refractivity contribution is 6.32. The molecule has 0 aliphatic heterocycles. The lowest BCUT2D eigenvalue weighted by Gasteiger charge is -2.31. The van der Waals surface area contributed by atoms with E-state index in [0.717, 1.165) is 5.56 Å². The zero-order valence-electron chi connectivity index (χ0n) is 17.0. The van der Waals surface area contributed by atoms with Gasteiger partial charge in [-0.1, -0.05) is 47.5 Å². The average Bonchev–Trinajstić information content (AvgIpc) is 2.64. The van der Waals surface area contributed by atoms with E-state index in [9.17, 15) is 9.59 Å². The molecule has 156 valence electrons. The smallest absolute Gasteiger partial charge is 0.261 e. The van der Waals surface area contributed by atoms with Crippen molar-refractivity contribution in [2.24, 2.45) is 0 Å². The van der Waals surface area contributed by atoms with Crippen molar-refractivity contribution in [1.29, 1.82) is 0 Å². The van der Waals surface area contributed by atoms with Crippen LogP contribution in [0.15, 0.2) is 48.5 Å². The molecule has 0 saturated heterocycles. The zero-order chi connectivity index (χ0) is 21.6. The Morgan fingerprint density at radius 1 is 1.07 bits per heavy atom. The molecule has 2 amide bonds. The van der Waals surface area contributed by atoms with Gasteiger partial charge in [0, 0.05) is 17.1 Å². The van der Waals surface area contributed by atoms with Crippen LogP contribution in [0.1, 0.15) is 33.3 Å². The van der Waals surface area contributed by atoms with E-state index in [0.29, 0.717) is 15.8 Å². The molecule has 0 radical (unpaired) electrons. The number of benzene rings is 2. The molecule has 1 N–H and O–H groups in total. The topological polar surface area (TPSA) is 58.6 Å². The molecule has 0 bridgehead atoms. The van der Waals surface area contributed by atoms with Crippen LogP contribution < -0.4 is 10.1 Å². The highest BCUT2D eigenvalue weighted by Gasteiger charge is 2.28. The molecule has 0 aliphatic rings. The van der Waals surface area contributed by atoms with Crippen molar-refractivity contribution in [2.45, 2.75) is 45.8 Å². The number of nitrogens with zero attached hydrogens (tertiary/aromatic N) is 1. The number of carbonyl (C=O) groups is 2. The number of carbonyl (C=O) groups excluding carboxylic acids is 2. The van der Waals surface area contributed by atoms with Gasteiger partial charge in [0.25, 0.3) is 5.91 Å². The van der Waals surface area contributed by atoms with Crippen LogP contribution in [-0.2, 0) is 16.1 Å². The van der Waals surface area contributed by atoms with Crippen LogP contribution in [0.25, 0.3) is 0 Å². The van der Waals surface area contributed by atoms with Crippen LogP contribution in [-0.4, -0.2) is 34.9 Å². The van der Waals surface area contributed by atoms with Crippen molar-refractivity contribution in [2.75, 3.05) is 6.61 Å². The number of hydrogen-bond acceptors (Lipinski definition) is 3. The highest BCUT2D eigenvalue weighted by Crippen LogP contribution is 2.23. The van der Waals surface area contributed by atoms with E-state index in [1.54, 1.807) is 43.3 Å².